The van der Waals surface area contributed by atoms with E-state index in [0.717, 1.165) is 24.7 Å². The molecule has 8 heteroatoms. The molecular weight excluding hydrogens is 379 g/mol. The van der Waals surface area contributed by atoms with Gasteiger partial charge in [0, 0.05) is 24.7 Å². The Kier molecular flexibility index (Phi) is 6.26. The van der Waals surface area contributed by atoms with Gasteiger partial charge in [0.25, 0.3) is 0 Å². The average molecular weight is 399 g/mol. The van der Waals surface area contributed by atoms with Crippen molar-refractivity contribution in [2.45, 2.75) is 10.9 Å². The number of sulfonamides is 1. The van der Waals surface area contributed by atoms with Crippen LogP contribution in [-0.4, -0.2) is 46.2 Å². The van der Waals surface area contributed by atoms with Crippen LogP contribution in [0.4, 0.5) is 4.39 Å². The topological polar surface area (TPSA) is 58.6 Å². The second kappa shape index (κ2) is 8.45. The third-order valence-corrected chi connectivity index (χ3v) is 5.97. The minimum absolute atomic E-state index is 0.148. The van der Waals surface area contributed by atoms with Gasteiger partial charge in [0.1, 0.15) is 10.7 Å². The van der Waals surface area contributed by atoms with Crippen molar-refractivity contribution in [2.75, 3.05) is 32.8 Å². The van der Waals surface area contributed by atoms with E-state index in [9.17, 15) is 12.8 Å². The molecule has 1 atom stereocenters. The first kappa shape index (κ1) is 19.3. The molecule has 2 aromatic carbocycles. The number of nitrogens with one attached hydrogen (secondary N) is 1. The minimum atomic E-state index is -4.05. The van der Waals surface area contributed by atoms with Crippen molar-refractivity contribution in [1.82, 2.24) is 9.62 Å². The van der Waals surface area contributed by atoms with Gasteiger partial charge in [0.15, 0.2) is 0 Å². The summed E-state index contributed by atoms with van der Waals surface area (Å²) in [7, 11) is -4.05. The Morgan fingerprint density at radius 2 is 1.85 bits per heavy atom. The Bertz CT molecular complexity index is 843. The molecule has 0 saturated carbocycles. The zero-order chi connectivity index (χ0) is 18.6. The van der Waals surface area contributed by atoms with E-state index in [1.54, 1.807) is 0 Å². The molecule has 26 heavy (non-hydrogen) atoms. The van der Waals surface area contributed by atoms with Crippen molar-refractivity contribution in [3.63, 3.8) is 0 Å². The molecule has 1 N–H and O–H groups in total. The van der Waals surface area contributed by atoms with Crippen LogP contribution in [0.15, 0.2) is 53.4 Å². The first-order valence-electron chi connectivity index (χ1n) is 8.28. The summed E-state index contributed by atoms with van der Waals surface area (Å²) in [5.74, 6) is -0.872. The molecule has 140 valence electrons. The van der Waals surface area contributed by atoms with Crippen molar-refractivity contribution >= 4 is 21.6 Å². The lowest BCUT2D eigenvalue weighted by molar-refractivity contribution is 0.0345. The molecule has 5 nitrogen and oxygen atoms in total. The quantitative estimate of drug-likeness (QED) is 0.812. The van der Waals surface area contributed by atoms with Gasteiger partial charge in [0.05, 0.1) is 19.3 Å². The van der Waals surface area contributed by atoms with Gasteiger partial charge in [0.2, 0.25) is 10.0 Å². The lowest BCUT2D eigenvalue weighted by Crippen LogP contribution is -2.43. The van der Waals surface area contributed by atoms with Gasteiger partial charge in [-0.2, -0.15) is 0 Å². The number of benzene rings is 2. The Balaban J connectivity index is 1.86. The highest BCUT2D eigenvalue weighted by Crippen LogP contribution is 2.23. The Hall–Kier alpha value is -1.51. The van der Waals surface area contributed by atoms with Crippen LogP contribution in [-0.2, 0) is 14.8 Å². The van der Waals surface area contributed by atoms with Crippen LogP contribution in [0.1, 0.15) is 11.6 Å². The fraction of sp³-hybridized carbons (Fsp3) is 0.333. The number of nitrogens with zero attached hydrogens (tertiary/aromatic N) is 1. The largest absolute Gasteiger partial charge is 0.379 e. The fourth-order valence-corrected chi connectivity index (χ4v) is 4.32. The normalized spacial score (nSPS) is 17.2. The van der Waals surface area contributed by atoms with E-state index >= 15 is 0 Å². The molecule has 0 spiro atoms. The summed E-state index contributed by atoms with van der Waals surface area (Å²) in [4.78, 5) is 1.71. The van der Waals surface area contributed by atoms with Crippen molar-refractivity contribution < 1.29 is 17.5 Å². The van der Waals surface area contributed by atoms with E-state index in [-0.39, 0.29) is 5.02 Å². The van der Waals surface area contributed by atoms with E-state index in [0.29, 0.717) is 19.8 Å². The van der Waals surface area contributed by atoms with Gasteiger partial charge in [-0.1, -0.05) is 41.9 Å². The molecule has 1 aliphatic heterocycles. The lowest BCUT2D eigenvalue weighted by Gasteiger charge is -2.31. The molecule has 0 bridgehead atoms. The molecule has 0 radical (unpaired) electrons. The van der Waals surface area contributed by atoms with Crippen molar-refractivity contribution in [3.8, 4) is 0 Å². The maximum atomic E-state index is 14.1. The van der Waals surface area contributed by atoms with E-state index in [4.69, 9.17) is 16.3 Å². The predicted octanol–water partition coefficient (Wildman–Crippen LogP) is 2.83. The Labute approximate surface area is 157 Å². The number of rotatable bonds is 6. The number of morpholine rings is 1. The molecule has 1 unspecified atom stereocenters. The number of ether oxygens (including phenoxy) is 1. The molecule has 1 heterocycles. The number of hydrogen-bond donors (Lipinski definition) is 1. The maximum Gasteiger partial charge on any atom is 0.244 e. The summed E-state index contributed by atoms with van der Waals surface area (Å²) in [5.41, 5.74) is 0.817. The van der Waals surface area contributed by atoms with Crippen LogP contribution in [0.2, 0.25) is 5.02 Å². The lowest BCUT2D eigenvalue weighted by atomic mass is 10.1. The van der Waals surface area contributed by atoms with E-state index < -0.39 is 26.8 Å². The standard InChI is InChI=1S/C18H20ClFN2O3S/c19-15-6-7-18(16(20)12-15)26(23,24)21-17(14-4-2-1-3-5-14)13-22-8-10-25-11-9-22/h1-7,12,17,21H,8-11,13H2. The van der Waals surface area contributed by atoms with Crippen molar-refractivity contribution in [1.29, 1.82) is 0 Å². The highest BCUT2D eigenvalue weighted by atomic mass is 35.5. The SMILES string of the molecule is O=S(=O)(NC(CN1CCOCC1)c1ccccc1)c1ccc(Cl)cc1F. The summed E-state index contributed by atoms with van der Waals surface area (Å²) >= 11 is 5.72. The van der Waals surface area contributed by atoms with Gasteiger partial charge in [-0.15, -0.1) is 0 Å². The highest BCUT2D eigenvalue weighted by Gasteiger charge is 2.26. The van der Waals surface area contributed by atoms with Gasteiger partial charge in [-0.25, -0.2) is 17.5 Å². The maximum absolute atomic E-state index is 14.1. The Morgan fingerprint density at radius 1 is 1.15 bits per heavy atom. The first-order valence-corrected chi connectivity index (χ1v) is 10.1. The zero-order valence-electron chi connectivity index (χ0n) is 14.1. The highest BCUT2D eigenvalue weighted by molar-refractivity contribution is 7.89. The zero-order valence-corrected chi connectivity index (χ0v) is 15.6. The molecule has 0 amide bonds. The molecule has 0 aromatic heterocycles. The van der Waals surface area contributed by atoms with Crippen LogP contribution in [0, 0.1) is 5.82 Å². The van der Waals surface area contributed by atoms with E-state index in [1.165, 1.54) is 12.1 Å². The van der Waals surface area contributed by atoms with Gasteiger partial charge in [-0.3, -0.25) is 4.90 Å². The predicted molar refractivity (Wildman–Crippen MR) is 98.2 cm³/mol. The van der Waals surface area contributed by atoms with Gasteiger partial charge < -0.3 is 4.74 Å². The molecule has 1 aliphatic rings. The first-order chi connectivity index (χ1) is 12.5. The summed E-state index contributed by atoms with van der Waals surface area (Å²) in [6.45, 7) is 3.14. The summed E-state index contributed by atoms with van der Waals surface area (Å²) in [5, 5.41) is 0.148. The van der Waals surface area contributed by atoms with Crippen LogP contribution < -0.4 is 4.72 Å². The monoisotopic (exact) mass is 398 g/mol. The summed E-state index contributed by atoms with van der Waals surface area (Å²) in [6.07, 6.45) is 0. The van der Waals surface area contributed by atoms with Crippen molar-refractivity contribution in [3.05, 3.63) is 64.9 Å². The number of halogens is 2. The second-order valence-corrected chi connectivity index (χ2v) is 8.19. The summed E-state index contributed by atoms with van der Waals surface area (Å²) < 4.78 is 47.6. The molecule has 1 fully saturated rings. The van der Waals surface area contributed by atoms with Crippen LogP contribution in [0.25, 0.3) is 0 Å². The second-order valence-electron chi connectivity index (χ2n) is 6.07. The molecule has 2 aromatic rings. The van der Waals surface area contributed by atoms with Crippen molar-refractivity contribution in [2.24, 2.45) is 0 Å². The minimum Gasteiger partial charge on any atom is -0.379 e. The molecule has 0 aliphatic carbocycles. The van der Waals surface area contributed by atoms with Crippen LogP contribution in [0.3, 0.4) is 0 Å². The molecular formula is C18H20ClFN2O3S. The Morgan fingerprint density at radius 3 is 2.50 bits per heavy atom. The van der Waals surface area contributed by atoms with Gasteiger partial charge >= 0.3 is 0 Å². The van der Waals surface area contributed by atoms with E-state index in [2.05, 4.69) is 9.62 Å². The third-order valence-electron chi connectivity index (χ3n) is 4.23. The smallest absolute Gasteiger partial charge is 0.244 e. The van der Waals surface area contributed by atoms with Crippen LogP contribution >= 0.6 is 11.6 Å². The van der Waals surface area contributed by atoms with E-state index in [1.807, 2.05) is 30.3 Å². The summed E-state index contributed by atoms with van der Waals surface area (Å²) in [6, 6.07) is 12.3. The third kappa shape index (κ3) is 4.81. The molecule has 1 saturated heterocycles. The van der Waals surface area contributed by atoms with Crippen LogP contribution in [0.5, 0.6) is 0 Å². The molecule has 3 rings (SSSR count). The average Bonchev–Trinajstić information content (AvgIpc) is 2.62. The number of hydrogen-bond acceptors (Lipinski definition) is 4. The van der Waals surface area contributed by atoms with Gasteiger partial charge in [-0.05, 0) is 23.8 Å². The fourth-order valence-electron chi connectivity index (χ4n) is 2.88.